The Bertz CT molecular complexity index is 536. The van der Waals surface area contributed by atoms with Crippen molar-refractivity contribution >= 4 is 11.4 Å². The summed E-state index contributed by atoms with van der Waals surface area (Å²) in [5.74, 6) is 0.689. The van der Waals surface area contributed by atoms with Crippen molar-refractivity contribution in [3.05, 3.63) is 51.9 Å². The lowest BCUT2D eigenvalue weighted by Crippen LogP contribution is -1.98. The number of nitrogens with zero attached hydrogens (tertiary/aromatic N) is 2. The van der Waals surface area contributed by atoms with E-state index >= 15 is 0 Å². The zero-order valence-electron chi connectivity index (χ0n) is 9.21. The van der Waals surface area contributed by atoms with Gasteiger partial charge in [0.1, 0.15) is 0 Å². The van der Waals surface area contributed by atoms with Gasteiger partial charge >= 0.3 is 0 Å². The summed E-state index contributed by atoms with van der Waals surface area (Å²) in [6.07, 6.45) is 0. The highest BCUT2D eigenvalue weighted by Gasteiger charge is 2.06. The SMILES string of the molecule is Cc1cc(CNc2cccc([N+](=O)[O-])c2)on1. The fourth-order valence-corrected chi connectivity index (χ4v) is 1.42. The van der Waals surface area contributed by atoms with E-state index in [4.69, 9.17) is 4.52 Å². The van der Waals surface area contributed by atoms with E-state index in [0.717, 1.165) is 5.69 Å². The number of nitrogens with one attached hydrogen (secondary N) is 1. The van der Waals surface area contributed by atoms with Crippen LogP contribution in [0.1, 0.15) is 11.5 Å². The second kappa shape index (κ2) is 4.65. The first-order chi connectivity index (χ1) is 8.15. The predicted octanol–water partition coefficient (Wildman–Crippen LogP) is 2.50. The fraction of sp³-hybridized carbons (Fsp3) is 0.182. The van der Waals surface area contributed by atoms with Crippen molar-refractivity contribution in [1.82, 2.24) is 5.16 Å². The normalized spacial score (nSPS) is 10.2. The van der Waals surface area contributed by atoms with Crippen molar-refractivity contribution in [2.45, 2.75) is 13.5 Å². The zero-order valence-corrected chi connectivity index (χ0v) is 9.21. The smallest absolute Gasteiger partial charge is 0.271 e. The molecule has 0 aliphatic carbocycles. The maximum atomic E-state index is 10.6. The number of hydrogen-bond donors (Lipinski definition) is 1. The van der Waals surface area contributed by atoms with E-state index in [-0.39, 0.29) is 5.69 Å². The average molecular weight is 233 g/mol. The lowest BCUT2D eigenvalue weighted by atomic mass is 10.3. The fourth-order valence-electron chi connectivity index (χ4n) is 1.42. The number of anilines is 1. The maximum absolute atomic E-state index is 10.6. The van der Waals surface area contributed by atoms with Gasteiger partial charge in [-0.05, 0) is 13.0 Å². The molecule has 0 saturated heterocycles. The Hall–Kier alpha value is -2.37. The summed E-state index contributed by atoms with van der Waals surface area (Å²) >= 11 is 0. The molecule has 0 radical (unpaired) electrons. The zero-order chi connectivity index (χ0) is 12.3. The van der Waals surface area contributed by atoms with Crippen molar-refractivity contribution in [2.75, 3.05) is 5.32 Å². The van der Waals surface area contributed by atoms with Gasteiger partial charge in [-0.25, -0.2) is 0 Å². The quantitative estimate of drug-likeness (QED) is 0.648. The minimum atomic E-state index is -0.427. The molecule has 6 heteroatoms. The number of hydrogen-bond acceptors (Lipinski definition) is 5. The molecule has 6 nitrogen and oxygen atoms in total. The molecule has 1 aromatic heterocycles. The van der Waals surface area contributed by atoms with Gasteiger partial charge < -0.3 is 9.84 Å². The summed E-state index contributed by atoms with van der Waals surface area (Å²) in [5.41, 5.74) is 1.54. The van der Waals surface area contributed by atoms with Crippen LogP contribution in [0.4, 0.5) is 11.4 Å². The third-order valence-electron chi connectivity index (χ3n) is 2.20. The van der Waals surface area contributed by atoms with Crippen LogP contribution in [0, 0.1) is 17.0 Å². The maximum Gasteiger partial charge on any atom is 0.271 e. The van der Waals surface area contributed by atoms with E-state index in [1.165, 1.54) is 12.1 Å². The van der Waals surface area contributed by atoms with E-state index < -0.39 is 4.92 Å². The van der Waals surface area contributed by atoms with E-state index in [1.54, 1.807) is 12.1 Å². The highest BCUT2D eigenvalue weighted by Crippen LogP contribution is 2.17. The van der Waals surface area contributed by atoms with Crippen LogP contribution in [-0.4, -0.2) is 10.1 Å². The molecule has 1 N–H and O–H groups in total. The molecule has 0 bridgehead atoms. The standard InChI is InChI=1S/C11H11N3O3/c1-8-5-11(17-13-8)7-12-9-3-2-4-10(6-9)14(15)16/h2-6,12H,7H2,1H3. The van der Waals surface area contributed by atoms with E-state index in [2.05, 4.69) is 10.5 Å². The van der Waals surface area contributed by atoms with Crippen LogP contribution in [0.3, 0.4) is 0 Å². The molecule has 2 aromatic rings. The first kappa shape index (κ1) is 11.1. The van der Waals surface area contributed by atoms with Crippen molar-refractivity contribution in [3.63, 3.8) is 0 Å². The van der Waals surface area contributed by atoms with Crippen LogP contribution in [-0.2, 0) is 6.54 Å². The molecular formula is C11H11N3O3. The third kappa shape index (κ3) is 2.81. The first-order valence-electron chi connectivity index (χ1n) is 5.05. The van der Waals surface area contributed by atoms with Gasteiger partial charge in [-0.3, -0.25) is 10.1 Å². The van der Waals surface area contributed by atoms with Crippen LogP contribution >= 0.6 is 0 Å². The molecule has 0 unspecified atom stereocenters. The van der Waals surface area contributed by atoms with Crippen molar-refractivity contribution in [1.29, 1.82) is 0 Å². The van der Waals surface area contributed by atoms with Crippen molar-refractivity contribution < 1.29 is 9.45 Å². The van der Waals surface area contributed by atoms with Gasteiger partial charge in [0.05, 0.1) is 17.2 Å². The summed E-state index contributed by atoms with van der Waals surface area (Å²) in [6, 6.07) is 8.12. The summed E-state index contributed by atoms with van der Waals surface area (Å²) in [7, 11) is 0. The number of benzene rings is 1. The van der Waals surface area contributed by atoms with Gasteiger partial charge in [0.2, 0.25) is 0 Å². The number of nitro groups is 1. The number of nitro benzene ring substituents is 1. The molecular weight excluding hydrogens is 222 g/mol. The topological polar surface area (TPSA) is 81.2 Å². The molecule has 0 atom stereocenters. The molecule has 0 saturated carbocycles. The van der Waals surface area contributed by atoms with Crippen molar-refractivity contribution in [3.8, 4) is 0 Å². The summed E-state index contributed by atoms with van der Waals surface area (Å²) in [5, 5.41) is 17.4. The minimum absolute atomic E-state index is 0.0590. The molecule has 0 amide bonds. The van der Waals surface area contributed by atoms with Gasteiger partial charge in [-0.15, -0.1) is 0 Å². The summed E-state index contributed by atoms with van der Waals surface area (Å²) in [6.45, 7) is 2.28. The Morgan fingerprint density at radius 2 is 2.29 bits per heavy atom. The highest BCUT2D eigenvalue weighted by molar-refractivity contribution is 5.50. The van der Waals surface area contributed by atoms with Crippen LogP contribution in [0.25, 0.3) is 0 Å². The van der Waals surface area contributed by atoms with E-state index in [1.807, 2.05) is 13.0 Å². The third-order valence-corrected chi connectivity index (χ3v) is 2.20. The van der Waals surface area contributed by atoms with Crippen LogP contribution in [0.5, 0.6) is 0 Å². The number of non-ortho nitro benzene ring substituents is 1. The number of aromatic nitrogens is 1. The van der Waals surface area contributed by atoms with Gasteiger partial charge in [0, 0.05) is 23.9 Å². The van der Waals surface area contributed by atoms with Gasteiger partial charge in [-0.2, -0.15) is 0 Å². The van der Waals surface area contributed by atoms with Gasteiger partial charge in [-0.1, -0.05) is 11.2 Å². The Morgan fingerprint density at radius 3 is 2.94 bits per heavy atom. The summed E-state index contributed by atoms with van der Waals surface area (Å²) in [4.78, 5) is 10.2. The Labute approximate surface area is 97.4 Å². The molecule has 0 spiro atoms. The predicted molar refractivity (Wildman–Crippen MR) is 61.7 cm³/mol. The molecule has 17 heavy (non-hydrogen) atoms. The summed E-state index contributed by atoms with van der Waals surface area (Å²) < 4.78 is 5.02. The Balaban J connectivity index is 2.04. The van der Waals surface area contributed by atoms with Gasteiger partial charge in [0.25, 0.3) is 5.69 Å². The Morgan fingerprint density at radius 1 is 1.47 bits per heavy atom. The average Bonchev–Trinajstić information content (AvgIpc) is 2.73. The Kier molecular flexibility index (Phi) is 3.04. The molecule has 88 valence electrons. The highest BCUT2D eigenvalue weighted by atomic mass is 16.6. The van der Waals surface area contributed by atoms with Crippen molar-refractivity contribution in [2.24, 2.45) is 0 Å². The van der Waals surface area contributed by atoms with Crippen LogP contribution in [0.15, 0.2) is 34.9 Å². The molecule has 0 fully saturated rings. The second-order valence-electron chi connectivity index (χ2n) is 3.60. The van der Waals surface area contributed by atoms with Crippen LogP contribution < -0.4 is 5.32 Å². The molecule has 0 aliphatic rings. The molecule has 0 aliphatic heterocycles. The second-order valence-corrected chi connectivity index (χ2v) is 3.60. The number of rotatable bonds is 4. The first-order valence-corrected chi connectivity index (χ1v) is 5.05. The molecule has 2 rings (SSSR count). The lowest BCUT2D eigenvalue weighted by molar-refractivity contribution is -0.384. The monoisotopic (exact) mass is 233 g/mol. The van der Waals surface area contributed by atoms with E-state index in [0.29, 0.717) is 18.0 Å². The number of aryl methyl sites for hydroxylation is 1. The minimum Gasteiger partial charge on any atom is -0.377 e. The van der Waals surface area contributed by atoms with Gasteiger partial charge in [0.15, 0.2) is 5.76 Å². The van der Waals surface area contributed by atoms with E-state index in [9.17, 15) is 10.1 Å². The molecule has 1 aromatic carbocycles. The van der Waals surface area contributed by atoms with Crippen LogP contribution in [0.2, 0.25) is 0 Å². The lowest BCUT2D eigenvalue weighted by Gasteiger charge is -2.02. The largest absolute Gasteiger partial charge is 0.377 e. The molecule has 1 heterocycles.